The molecule has 2 aromatic rings. The van der Waals surface area contributed by atoms with Crippen molar-refractivity contribution in [3.8, 4) is 5.75 Å². The molecule has 1 aromatic heterocycles. The van der Waals surface area contributed by atoms with Crippen molar-refractivity contribution in [3.05, 3.63) is 34.4 Å². The number of rotatable bonds is 4. The number of methoxy groups -OCH3 is 1. The Morgan fingerprint density at radius 2 is 2.16 bits per heavy atom. The van der Waals surface area contributed by atoms with E-state index in [-0.39, 0.29) is 0 Å². The Bertz CT molecular complexity index is 590. The highest BCUT2D eigenvalue weighted by molar-refractivity contribution is 9.10. The molecular formula is C12H14BrN5O. The third kappa shape index (κ3) is 3.12. The molecule has 2 rings (SSSR count). The van der Waals surface area contributed by atoms with Crippen LogP contribution in [0.1, 0.15) is 5.56 Å². The van der Waals surface area contributed by atoms with Crippen molar-refractivity contribution in [2.75, 3.05) is 17.9 Å². The van der Waals surface area contributed by atoms with Crippen molar-refractivity contribution in [3.63, 3.8) is 0 Å². The largest absolute Gasteiger partial charge is 0.496 e. The highest BCUT2D eigenvalue weighted by atomic mass is 79.9. The van der Waals surface area contributed by atoms with Gasteiger partial charge in [0.05, 0.1) is 11.6 Å². The first-order valence-electron chi connectivity index (χ1n) is 5.55. The Balaban J connectivity index is 2.28. The molecule has 4 N–H and O–H groups in total. The number of benzene rings is 1. The van der Waals surface area contributed by atoms with Crippen molar-refractivity contribution in [1.82, 2.24) is 9.97 Å². The lowest BCUT2D eigenvalue weighted by Crippen LogP contribution is -2.11. The molecule has 0 aliphatic rings. The van der Waals surface area contributed by atoms with Gasteiger partial charge in [-0.2, -0.15) is 4.98 Å². The lowest BCUT2D eigenvalue weighted by atomic mass is 10.2. The van der Waals surface area contributed by atoms with Crippen LogP contribution in [0.25, 0.3) is 0 Å². The van der Waals surface area contributed by atoms with E-state index in [1.54, 1.807) is 13.3 Å². The van der Waals surface area contributed by atoms with Gasteiger partial charge < -0.3 is 10.1 Å². The Kier molecular flexibility index (Phi) is 4.18. The van der Waals surface area contributed by atoms with E-state index in [9.17, 15) is 0 Å². The lowest BCUT2D eigenvalue weighted by molar-refractivity contribution is 0.412. The van der Waals surface area contributed by atoms with E-state index in [2.05, 4.69) is 36.6 Å². The minimum atomic E-state index is 0.343. The first-order chi connectivity index (χ1) is 9.13. The SMILES string of the molecule is COc1ccc(Nc2nc(NN)ncc2Br)cc1C. The van der Waals surface area contributed by atoms with Crippen LogP contribution in [0.4, 0.5) is 17.5 Å². The summed E-state index contributed by atoms with van der Waals surface area (Å²) in [7, 11) is 1.65. The molecule has 0 bridgehead atoms. The Morgan fingerprint density at radius 3 is 2.79 bits per heavy atom. The fourth-order valence-electron chi connectivity index (χ4n) is 1.62. The first-order valence-corrected chi connectivity index (χ1v) is 6.34. The molecule has 1 heterocycles. The summed E-state index contributed by atoms with van der Waals surface area (Å²) in [5.74, 6) is 7.11. The van der Waals surface area contributed by atoms with Gasteiger partial charge in [-0.3, -0.25) is 5.43 Å². The van der Waals surface area contributed by atoms with Gasteiger partial charge in [0.25, 0.3) is 0 Å². The van der Waals surface area contributed by atoms with E-state index in [0.29, 0.717) is 11.8 Å². The van der Waals surface area contributed by atoms with Gasteiger partial charge in [-0.15, -0.1) is 0 Å². The predicted molar refractivity (Wildman–Crippen MR) is 78.6 cm³/mol. The van der Waals surface area contributed by atoms with Crippen LogP contribution in [0.15, 0.2) is 28.9 Å². The number of hydrogen-bond acceptors (Lipinski definition) is 6. The predicted octanol–water partition coefficient (Wildman–Crippen LogP) is 2.59. The van der Waals surface area contributed by atoms with Crippen LogP contribution in [-0.2, 0) is 0 Å². The van der Waals surface area contributed by atoms with Crippen LogP contribution in [0, 0.1) is 6.92 Å². The van der Waals surface area contributed by atoms with E-state index in [1.807, 2.05) is 25.1 Å². The zero-order valence-electron chi connectivity index (χ0n) is 10.6. The summed E-state index contributed by atoms with van der Waals surface area (Å²) in [4.78, 5) is 8.21. The van der Waals surface area contributed by atoms with E-state index < -0.39 is 0 Å². The molecule has 0 amide bonds. The number of nitrogen functional groups attached to an aromatic ring is 1. The molecule has 0 saturated heterocycles. The molecular weight excluding hydrogens is 310 g/mol. The van der Waals surface area contributed by atoms with E-state index >= 15 is 0 Å². The van der Waals surface area contributed by atoms with Gasteiger partial charge in [0, 0.05) is 11.9 Å². The highest BCUT2D eigenvalue weighted by Gasteiger charge is 2.06. The van der Waals surface area contributed by atoms with Gasteiger partial charge >= 0.3 is 0 Å². The summed E-state index contributed by atoms with van der Waals surface area (Å²) in [5, 5.41) is 3.19. The maximum absolute atomic E-state index is 5.29. The van der Waals surface area contributed by atoms with E-state index in [1.165, 1.54) is 0 Å². The van der Waals surface area contributed by atoms with Crippen molar-refractivity contribution in [1.29, 1.82) is 0 Å². The number of nitrogens with two attached hydrogens (primary N) is 1. The number of anilines is 3. The summed E-state index contributed by atoms with van der Waals surface area (Å²) in [6, 6.07) is 5.79. The maximum atomic E-state index is 5.29. The van der Waals surface area contributed by atoms with Gasteiger partial charge in [0.2, 0.25) is 5.95 Å². The van der Waals surface area contributed by atoms with Crippen molar-refractivity contribution in [2.24, 2.45) is 5.84 Å². The molecule has 1 aromatic carbocycles. The zero-order chi connectivity index (χ0) is 13.8. The van der Waals surface area contributed by atoms with Crippen LogP contribution >= 0.6 is 15.9 Å². The van der Waals surface area contributed by atoms with Gasteiger partial charge in [0.1, 0.15) is 11.6 Å². The molecule has 100 valence electrons. The van der Waals surface area contributed by atoms with Crippen molar-refractivity contribution < 1.29 is 4.74 Å². The first kappa shape index (κ1) is 13.6. The fraction of sp³-hybridized carbons (Fsp3) is 0.167. The number of aromatic nitrogens is 2. The third-order valence-electron chi connectivity index (χ3n) is 2.53. The third-order valence-corrected chi connectivity index (χ3v) is 3.11. The molecule has 0 atom stereocenters. The molecule has 0 aliphatic heterocycles. The van der Waals surface area contributed by atoms with Gasteiger partial charge in [-0.05, 0) is 46.6 Å². The molecule has 7 heteroatoms. The van der Waals surface area contributed by atoms with Crippen LogP contribution in [-0.4, -0.2) is 17.1 Å². The van der Waals surface area contributed by atoms with Gasteiger partial charge in [-0.25, -0.2) is 10.8 Å². The standard InChI is InChI=1S/C12H14BrN5O/c1-7-5-8(3-4-10(7)19-2)16-11-9(13)6-15-12(17-11)18-14/h3-6H,14H2,1-2H3,(H2,15,16,17,18). The second-order valence-electron chi connectivity index (χ2n) is 3.84. The Hall–Kier alpha value is -1.86. The molecule has 6 nitrogen and oxygen atoms in total. The van der Waals surface area contributed by atoms with Gasteiger partial charge in [-0.1, -0.05) is 0 Å². The summed E-state index contributed by atoms with van der Waals surface area (Å²) < 4.78 is 5.97. The van der Waals surface area contributed by atoms with Crippen molar-refractivity contribution in [2.45, 2.75) is 6.92 Å². The topological polar surface area (TPSA) is 85.1 Å². The number of nitrogens with zero attached hydrogens (tertiary/aromatic N) is 2. The van der Waals surface area contributed by atoms with Gasteiger partial charge in [0.15, 0.2) is 0 Å². The van der Waals surface area contributed by atoms with Crippen molar-refractivity contribution >= 4 is 33.4 Å². The lowest BCUT2D eigenvalue weighted by Gasteiger charge is -2.11. The van der Waals surface area contributed by atoms with Crippen LogP contribution in [0.2, 0.25) is 0 Å². The number of nitrogens with one attached hydrogen (secondary N) is 2. The molecule has 0 radical (unpaired) electrons. The molecule has 0 aliphatic carbocycles. The summed E-state index contributed by atoms with van der Waals surface area (Å²) >= 11 is 3.38. The molecule has 0 fully saturated rings. The summed E-state index contributed by atoms with van der Waals surface area (Å²) in [6.45, 7) is 1.98. The Morgan fingerprint density at radius 1 is 1.37 bits per heavy atom. The molecule has 0 unspecified atom stereocenters. The van der Waals surface area contributed by atoms with Crippen LogP contribution in [0.5, 0.6) is 5.75 Å². The average molecular weight is 324 g/mol. The van der Waals surface area contributed by atoms with E-state index in [0.717, 1.165) is 21.5 Å². The molecule has 0 saturated carbocycles. The Labute approximate surface area is 119 Å². The normalized spacial score (nSPS) is 10.1. The quantitative estimate of drug-likeness (QED) is 0.592. The zero-order valence-corrected chi connectivity index (χ0v) is 12.2. The number of hydrazine groups is 1. The monoisotopic (exact) mass is 323 g/mol. The minimum Gasteiger partial charge on any atom is -0.496 e. The second kappa shape index (κ2) is 5.85. The van der Waals surface area contributed by atoms with Crippen LogP contribution < -0.4 is 21.3 Å². The van der Waals surface area contributed by atoms with Crippen LogP contribution in [0.3, 0.4) is 0 Å². The number of halogens is 1. The number of aryl methyl sites for hydroxylation is 1. The second-order valence-corrected chi connectivity index (χ2v) is 4.70. The average Bonchev–Trinajstić information content (AvgIpc) is 2.41. The maximum Gasteiger partial charge on any atom is 0.239 e. The smallest absolute Gasteiger partial charge is 0.239 e. The highest BCUT2D eigenvalue weighted by Crippen LogP contribution is 2.27. The van der Waals surface area contributed by atoms with E-state index in [4.69, 9.17) is 10.6 Å². The molecule has 19 heavy (non-hydrogen) atoms. The number of hydrogen-bond donors (Lipinski definition) is 3. The fourth-order valence-corrected chi connectivity index (χ4v) is 1.91. The number of ether oxygens (including phenoxy) is 1. The summed E-state index contributed by atoms with van der Waals surface area (Å²) in [5.41, 5.74) is 4.35. The summed E-state index contributed by atoms with van der Waals surface area (Å²) in [6.07, 6.45) is 1.63. The molecule has 0 spiro atoms. The minimum absolute atomic E-state index is 0.343.